The third-order valence-corrected chi connectivity index (χ3v) is 2.19. The molecule has 0 aliphatic carbocycles. The van der Waals surface area contributed by atoms with E-state index in [4.69, 9.17) is 14.5 Å². The van der Waals surface area contributed by atoms with Crippen molar-refractivity contribution in [1.29, 1.82) is 5.26 Å². The monoisotopic (exact) mass is 223 g/mol. The summed E-state index contributed by atoms with van der Waals surface area (Å²) in [7, 11) is 0. The minimum absolute atomic E-state index is 0.0848. The lowest BCUT2D eigenvalue weighted by molar-refractivity contribution is 0.0518. The van der Waals surface area contributed by atoms with Gasteiger partial charge in [-0.3, -0.25) is 0 Å². The Morgan fingerprint density at radius 3 is 2.94 bits per heavy atom. The molecule has 0 bridgehead atoms. The molecule has 1 heterocycles. The summed E-state index contributed by atoms with van der Waals surface area (Å²) >= 11 is 0. The van der Waals surface area contributed by atoms with Gasteiger partial charge in [0.1, 0.15) is 6.10 Å². The van der Waals surface area contributed by atoms with Gasteiger partial charge in [0.05, 0.1) is 6.07 Å². The van der Waals surface area contributed by atoms with Gasteiger partial charge in [-0.25, -0.2) is 0 Å². The fourth-order valence-corrected chi connectivity index (χ4v) is 1.40. The van der Waals surface area contributed by atoms with Crippen LogP contribution in [0.15, 0.2) is 4.52 Å². The Hall–Kier alpha value is -1.41. The average Bonchev–Trinajstić information content (AvgIpc) is 2.75. The first kappa shape index (κ1) is 12.7. The zero-order valence-electron chi connectivity index (χ0n) is 9.77. The summed E-state index contributed by atoms with van der Waals surface area (Å²) in [6.45, 7) is 4.60. The van der Waals surface area contributed by atoms with Crippen LogP contribution >= 0.6 is 0 Å². The van der Waals surface area contributed by atoms with E-state index in [0.717, 1.165) is 12.8 Å². The molecule has 1 aromatic heterocycles. The molecular weight excluding hydrogens is 206 g/mol. The fraction of sp³-hybridized carbons (Fsp3) is 0.727. The first-order valence-corrected chi connectivity index (χ1v) is 5.62. The number of nitriles is 1. The molecule has 16 heavy (non-hydrogen) atoms. The highest BCUT2D eigenvalue weighted by atomic mass is 16.5. The Morgan fingerprint density at radius 1 is 1.50 bits per heavy atom. The van der Waals surface area contributed by atoms with E-state index in [9.17, 15) is 0 Å². The number of unbranched alkanes of at least 4 members (excludes halogenated alkanes) is 1. The standard InChI is InChI=1S/C11H17N3O2/c1-3-9(15-4-2)11-13-10(16-14-11)7-5-6-8-12/h9H,3-7H2,1-2H3. The Balaban J connectivity index is 2.52. The normalized spacial score (nSPS) is 12.3. The molecule has 1 aromatic rings. The van der Waals surface area contributed by atoms with Crippen LogP contribution in [-0.2, 0) is 11.2 Å². The molecular formula is C11H17N3O2. The topological polar surface area (TPSA) is 71.9 Å². The largest absolute Gasteiger partial charge is 0.370 e. The summed E-state index contributed by atoms with van der Waals surface area (Å²) in [5.74, 6) is 1.19. The lowest BCUT2D eigenvalue weighted by Crippen LogP contribution is -2.05. The maximum absolute atomic E-state index is 8.41. The molecule has 0 saturated heterocycles. The minimum atomic E-state index is -0.0848. The summed E-state index contributed by atoms with van der Waals surface area (Å²) in [6.07, 6.45) is 2.66. The molecule has 1 unspecified atom stereocenters. The van der Waals surface area contributed by atoms with Crippen LogP contribution in [0.25, 0.3) is 0 Å². The predicted molar refractivity (Wildman–Crippen MR) is 57.5 cm³/mol. The lowest BCUT2D eigenvalue weighted by atomic mass is 10.2. The van der Waals surface area contributed by atoms with Gasteiger partial charge in [0, 0.05) is 19.4 Å². The van der Waals surface area contributed by atoms with Gasteiger partial charge in [-0.1, -0.05) is 12.1 Å². The first-order valence-electron chi connectivity index (χ1n) is 5.62. The Morgan fingerprint density at radius 2 is 2.31 bits per heavy atom. The van der Waals surface area contributed by atoms with Crippen LogP contribution in [0.3, 0.4) is 0 Å². The number of rotatable bonds is 7. The van der Waals surface area contributed by atoms with Gasteiger partial charge in [-0.15, -0.1) is 0 Å². The number of nitrogens with zero attached hydrogens (tertiary/aromatic N) is 3. The van der Waals surface area contributed by atoms with E-state index in [0.29, 0.717) is 31.2 Å². The van der Waals surface area contributed by atoms with Crippen molar-refractivity contribution in [2.45, 2.75) is 45.6 Å². The zero-order valence-corrected chi connectivity index (χ0v) is 9.77. The van der Waals surface area contributed by atoms with Gasteiger partial charge in [-0.2, -0.15) is 10.2 Å². The summed E-state index contributed by atoms with van der Waals surface area (Å²) < 4.78 is 10.6. The molecule has 0 amide bonds. The van der Waals surface area contributed by atoms with E-state index in [-0.39, 0.29) is 6.10 Å². The smallest absolute Gasteiger partial charge is 0.226 e. The molecule has 0 saturated carbocycles. The molecule has 1 atom stereocenters. The number of ether oxygens (including phenoxy) is 1. The quantitative estimate of drug-likeness (QED) is 0.664. The van der Waals surface area contributed by atoms with Gasteiger partial charge in [0.25, 0.3) is 0 Å². The van der Waals surface area contributed by atoms with Crippen molar-refractivity contribution >= 4 is 0 Å². The molecule has 0 aromatic carbocycles. The number of aromatic nitrogens is 2. The second kappa shape index (κ2) is 6.96. The Bertz CT molecular complexity index is 343. The molecule has 88 valence electrons. The van der Waals surface area contributed by atoms with Gasteiger partial charge >= 0.3 is 0 Å². The van der Waals surface area contributed by atoms with Crippen molar-refractivity contribution in [3.8, 4) is 6.07 Å². The molecule has 0 radical (unpaired) electrons. The highest BCUT2D eigenvalue weighted by Crippen LogP contribution is 2.18. The van der Waals surface area contributed by atoms with Crippen molar-refractivity contribution in [3.63, 3.8) is 0 Å². The van der Waals surface area contributed by atoms with Gasteiger partial charge in [0.15, 0.2) is 0 Å². The number of aryl methyl sites for hydroxylation is 1. The summed E-state index contributed by atoms with van der Waals surface area (Å²) in [4.78, 5) is 4.26. The number of hydrogen-bond acceptors (Lipinski definition) is 5. The van der Waals surface area contributed by atoms with Crippen LogP contribution in [0, 0.1) is 11.3 Å². The SMILES string of the molecule is CCOC(CC)c1noc(CCCC#N)n1. The molecule has 0 fully saturated rings. The van der Waals surface area contributed by atoms with Crippen molar-refractivity contribution in [2.75, 3.05) is 6.61 Å². The maximum atomic E-state index is 8.41. The molecule has 0 N–H and O–H groups in total. The van der Waals surface area contributed by atoms with Crippen LogP contribution in [0.5, 0.6) is 0 Å². The second-order valence-corrected chi connectivity index (χ2v) is 3.41. The Kier molecular flexibility index (Phi) is 5.51. The molecule has 0 aliphatic heterocycles. The molecule has 5 nitrogen and oxygen atoms in total. The van der Waals surface area contributed by atoms with Crippen LogP contribution in [0.4, 0.5) is 0 Å². The Labute approximate surface area is 95.4 Å². The van der Waals surface area contributed by atoms with Crippen molar-refractivity contribution < 1.29 is 9.26 Å². The fourth-order valence-electron chi connectivity index (χ4n) is 1.40. The van der Waals surface area contributed by atoms with Gasteiger partial charge in [-0.05, 0) is 19.8 Å². The summed E-state index contributed by atoms with van der Waals surface area (Å²) in [5.41, 5.74) is 0. The van der Waals surface area contributed by atoms with Gasteiger partial charge < -0.3 is 9.26 Å². The van der Waals surface area contributed by atoms with E-state index >= 15 is 0 Å². The van der Waals surface area contributed by atoms with Crippen molar-refractivity contribution in [1.82, 2.24) is 10.1 Å². The predicted octanol–water partition coefficient (Wildman–Crippen LogP) is 2.40. The van der Waals surface area contributed by atoms with E-state index in [1.165, 1.54) is 0 Å². The van der Waals surface area contributed by atoms with Crippen LogP contribution in [0.1, 0.15) is 50.9 Å². The van der Waals surface area contributed by atoms with Crippen LogP contribution in [-0.4, -0.2) is 16.7 Å². The average molecular weight is 223 g/mol. The lowest BCUT2D eigenvalue weighted by Gasteiger charge is -2.09. The molecule has 0 aliphatic rings. The zero-order chi connectivity index (χ0) is 11.8. The third kappa shape index (κ3) is 3.63. The summed E-state index contributed by atoms with van der Waals surface area (Å²) in [5, 5.41) is 12.3. The molecule has 5 heteroatoms. The maximum Gasteiger partial charge on any atom is 0.226 e. The molecule has 0 spiro atoms. The van der Waals surface area contributed by atoms with E-state index in [1.807, 2.05) is 13.8 Å². The van der Waals surface area contributed by atoms with Crippen LogP contribution < -0.4 is 0 Å². The van der Waals surface area contributed by atoms with Crippen LogP contribution in [0.2, 0.25) is 0 Å². The van der Waals surface area contributed by atoms with E-state index in [1.54, 1.807) is 0 Å². The van der Waals surface area contributed by atoms with Crippen molar-refractivity contribution in [2.24, 2.45) is 0 Å². The van der Waals surface area contributed by atoms with E-state index < -0.39 is 0 Å². The highest BCUT2D eigenvalue weighted by Gasteiger charge is 2.16. The summed E-state index contributed by atoms with van der Waals surface area (Å²) in [6, 6.07) is 2.08. The highest BCUT2D eigenvalue weighted by molar-refractivity contribution is 4.91. The first-order chi connectivity index (χ1) is 7.81. The van der Waals surface area contributed by atoms with Gasteiger partial charge in [0.2, 0.25) is 11.7 Å². The minimum Gasteiger partial charge on any atom is -0.370 e. The van der Waals surface area contributed by atoms with Crippen molar-refractivity contribution in [3.05, 3.63) is 11.7 Å². The molecule has 1 rings (SSSR count). The number of hydrogen-bond donors (Lipinski definition) is 0. The third-order valence-electron chi connectivity index (χ3n) is 2.19. The van der Waals surface area contributed by atoms with E-state index in [2.05, 4.69) is 16.2 Å². The second-order valence-electron chi connectivity index (χ2n) is 3.41.